The fourth-order valence-electron chi connectivity index (χ4n) is 1.07. The lowest BCUT2D eigenvalue weighted by Gasteiger charge is -2.29. The van der Waals surface area contributed by atoms with Crippen LogP contribution in [0.2, 0.25) is 0 Å². The van der Waals surface area contributed by atoms with E-state index in [0.29, 0.717) is 5.92 Å². The van der Waals surface area contributed by atoms with Crippen molar-refractivity contribution in [2.24, 2.45) is 16.5 Å². The number of hydrogen-bond acceptors (Lipinski definition) is 2. The molecule has 0 aromatic rings. The predicted molar refractivity (Wildman–Crippen MR) is 57.3 cm³/mol. The minimum absolute atomic E-state index is 0.0300. The van der Waals surface area contributed by atoms with Gasteiger partial charge >= 0.3 is 0 Å². The van der Waals surface area contributed by atoms with Crippen molar-refractivity contribution in [3.8, 4) is 0 Å². The van der Waals surface area contributed by atoms with E-state index in [1.165, 1.54) is 0 Å². The van der Waals surface area contributed by atoms with Crippen LogP contribution in [0.3, 0.4) is 0 Å². The summed E-state index contributed by atoms with van der Waals surface area (Å²) in [6, 6.07) is 0. The van der Waals surface area contributed by atoms with Crippen molar-refractivity contribution in [1.29, 1.82) is 0 Å². The molecule has 0 bridgehead atoms. The SMILES string of the molecule is C=CCC/C(=N\O)C(C)(C)C(C)C. The molecule has 0 unspecified atom stereocenters. The first-order valence-corrected chi connectivity index (χ1v) is 4.79. The number of nitrogens with zero attached hydrogens (tertiary/aromatic N) is 1. The molecule has 0 radical (unpaired) electrons. The number of hydrogen-bond donors (Lipinski definition) is 1. The largest absolute Gasteiger partial charge is 0.411 e. The third kappa shape index (κ3) is 3.21. The summed E-state index contributed by atoms with van der Waals surface area (Å²) in [6.07, 6.45) is 3.52. The van der Waals surface area contributed by atoms with E-state index in [9.17, 15) is 0 Å². The Morgan fingerprint density at radius 3 is 2.38 bits per heavy atom. The predicted octanol–water partition coefficient (Wildman–Crippen LogP) is 3.47. The highest BCUT2D eigenvalue weighted by Crippen LogP contribution is 2.29. The van der Waals surface area contributed by atoms with Crippen molar-refractivity contribution >= 4 is 5.71 Å². The van der Waals surface area contributed by atoms with Gasteiger partial charge in [-0.15, -0.1) is 6.58 Å². The molecule has 0 aliphatic heterocycles. The monoisotopic (exact) mass is 183 g/mol. The molecule has 0 fully saturated rings. The van der Waals surface area contributed by atoms with Crippen molar-refractivity contribution in [3.05, 3.63) is 12.7 Å². The zero-order chi connectivity index (χ0) is 10.5. The molecule has 0 aromatic heterocycles. The Balaban J connectivity index is 4.48. The summed E-state index contributed by atoms with van der Waals surface area (Å²) >= 11 is 0. The molecule has 0 rings (SSSR count). The van der Waals surface area contributed by atoms with Gasteiger partial charge in [-0.25, -0.2) is 0 Å². The minimum atomic E-state index is -0.0300. The Kier molecular flexibility index (Phi) is 4.74. The van der Waals surface area contributed by atoms with E-state index in [0.717, 1.165) is 18.6 Å². The maximum Gasteiger partial charge on any atom is 0.0632 e. The Bertz CT molecular complexity index is 192. The van der Waals surface area contributed by atoms with E-state index < -0.39 is 0 Å². The second kappa shape index (κ2) is 5.05. The molecule has 0 atom stereocenters. The molecule has 0 aliphatic carbocycles. The van der Waals surface area contributed by atoms with Crippen LogP contribution >= 0.6 is 0 Å². The van der Waals surface area contributed by atoms with E-state index >= 15 is 0 Å². The van der Waals surface area contributed by atoms with Gasteiger partial charge in [0.1, 0.15) is 0 Å². The summed E-state index contributed by atoms with van der Waals surface area (Å²) < 4.78 is 0. The van der Waals surface area contributed by atoms with Crippen molar-refractivity contribution < 1.29 is 5.21 Å². The standard InChI is InChI=1S/C11H21NO/c1-6-7-8-10(12-13)11(4,5)9(2)3/h6,9,13H,1,7-8H2,2-5H3/b12-10+. The molecule has 0 saturated heterocycles. The van der Waals surface area contributed by atoms with Gasteiger partial charge in [0.2, 0.25) is 0 Å². The van der Waals surface area contributed by atoms with Crippen LogP contribution in [0, 0.1) is 11.3 Å². The van der Waals surface area contributed by atoms with Gasteiger partial charge in [-0.1, -0.05) is 38.9 Å². The smallest absolute Gasteiger partial charge is 0.0632 e. The topological polar surface area (TPSA) is 32.6 Å². The third-order valence-electron chi connectivity index (χ3n) is 2.89. The summed E-state index contributed by atoms with van der Waals surface area (Å²) in [5.41, 5.74) is 0.833. The highest BCUT2D eigenvalue weighted by molar-refractivity contribution is 5.89. The van der Waals surface area contributed by atoms with Gasteiger partial charge in [0.25, 0.3) is 0 Å². The maximum absolute atomic E-state index is 8.89. The summed E-state index contributed by atoms with van der Waals surface area (Å²) in [4.78, 5) is 0. The van der Waals surface area contributed by atoms with Gasteiger partial charge in [-0.2, -0.15) is 0 Å². The molecule has 0 aliphatic rings. The second-order valence-corrected chi connectivity index (χ2v) is 4.25. The Hall–Kier alpha value is -0.790. The van der Waals surface area contributed by atoms with Crippen LogP contribution in [0.5, 0.6) is 0 Å². The van der Waals surface area contributed by atoms with Crippen LogP contribution in [-0.4, -0.2) is 10.9 Å². The molecule has 2 heteroatoms. The number of oxime groups is 1. The molecule has 1 N–H and O–H groups in total. The fraction of sp³-hybridized carbons (Fsp3) is 0.727. The van der Waals surface area contributed by atoms with Crippen molar-refractivity contribution in [2.45, 2.75) is 40.5 Å². The minimum Gasteiger partial charge on any atom is -0.411 e. The molecule has 0 heterocycles. The van der Waals surface area contributed by atoms with Crippen LogP contribution in [0.15, 0.2) is 17.8 Å². The molecule has 0 spiro atoms. The summed E-state index contributed by atoms with van der Waals surface area (Å²) in [5.74, 6) is 0.475. The van der Waals surface area contributed by atoms with Gasteiger partial charge in [0.05, 0.1) is 5.71 Å². The fourth-order valence-corrected chi connectivity index (χ4v) is 1.07. The van der Waals surface area contributed by atoms with Gasteiger partial charge in [0, 0.05) is 5.41 Å². The van der Waals surface area contributed by atoms with Crippen LogP contribution in [0.1, 0.15) is 40.5 Å². The lowest BCUT2D eigenvalue weighted by molar-refractivity contribution is 0.289. The Morgan fingerprint density at radius 2 is 2.08 bits per heavy atom. The van der Waals surface area contributed by atoms with Gasteiger partial charge in [-0.3, -0.25) is 0 Å². The molecule has 0 amide bonds. The highest BCUT2D eigenvalue weighted by Gasteiger charge is 2.28. The highest BCUT2D eigenvalue weighted by atomic mass is 16.4. The first-order chi connectivity index (χ1) is 5.96. The normalized spacial score (nSPS) is 13.5. The molecule has 76 valence electrons. The van der Waals surface area contributed by atoms with E-state index in [1.807, 2.05) is 6.08 Å². The quantitative estimate of drug-likeness (QED) is 0.301. The van der Waals surface area contributed by atoms with Gasteiger partial charge < -0.3 is 5.21 Å². The summed E-state index contributed by atoms with van der Waals surface area (Å²) in [7, 11) is 0. The molecular formula is C11H21NO. The van der Waals surface area contributed by atoms with Crippen molar-refractivity contribution in [3.63, 3.8) is 0 Å². The number of rotatable bonds is 5. The molecule has 2 nitrogen and oxygen atoms in total. The molecule has 0 aromatic carbocycles. The molecule has 13 heavy (non-hydrogen) atoms. The van der Waals surface area contributed by atoms with E-state index in [2.05, 4.69) is 39.4 Å². The van der Waals surface area contributed by atoms with Gasteiger partial charge in [-0.05, 0) is 18.8 Å². The maximum atomic E-state index is 8.89. The summed E-state index contributed by atoms with van der Waals surface area (Å²) in [6.45, 7) is 12.1. The zero-order valence-corrected chi connectivity index (χ0v) is 9.17. The lowest BCUT2D eigenvalue weighted by Crippen LogP contribution is -2.30. The first kappa shape index (κ1) is 12.2. The number of allylic oxidation sites excluding steroid dienone is 1. The zero-order valence-electron chi connectivity index (χ0n) is 9.17. The van der Waals surface area contributed by atoms with E-state index in [-0.39, 0.29) is 5.41 Å². The lowest BCUT2D eigenvalue weighted by atomic mass is 9.75. The molecular weight excluding hydrogens is 162 g/mol. The van der Waals surface area contributed by atoms with Crippen LogP contribution < -0.4 is 0 Å². The van der Waals surface area contributed by atoms with Crippen LogP contribution in [-0.2, 0) is 0 Å². The third-order valence-corrected chi connectivity index (χ3v) is 2.89. The molecule has 0 saturated carbocycles. The summed E-state index contributed by atoms with van der Waals surface area (Å²) in [5, 5.41) is 12.3. The van der Waals surface area contributed by atoms with E-state index in [4.69, 9.17) is 5.21 Å². The first-order valence-electron chi connectivity index (χ1n) is 4.79. The average molecular weight is 183 g/mol. The second-order valence-electron chi connectivity index (χ2n) is 4.25. The van der Waals surface area contributed by atoms with Crippen molar-refractivity contribution in [2.75, 3.05) is 0 Å². The van der Waals surface area contributed by atoms with Crippen LogP contribution in [0.4, 0.5) is 0 Å². The Labute approximate surface area is 81.3 Å². The van der Waals surface area contributed by atoms with Gasteiger partial charge in [0.15, 0.2) is 0 Å². The van der Waals surface area contributed by atoms with E-state index in [1.54, 1.807) is 0 Å². The van der Waals surface area contributed by atoms with Crippen LogP contribution in [0.25, 0.3) is 0 Å². The Morgan fingerprint density at radius 1 is 1.54 bits per heavy atom. The average Bonchev–Trinajstić information content (AvgIpc) is 2.05. The van der Waals surface area contributed by atoms with Crippen molar-refractivity contribution in [1.82, 2.24) is 0 Å².